The summed E-state index contributed by atoms with van der Waals surface area (Å²) >= 11 is 0. The summed E-state index contributed by atoms with van der Waals surface area (Å²) < 4.78 is 2.82. The van der Waals surface area contributed by atoms with Crippen molar-refractivity contribution in [1.29, 1.82) is 0 Å². The second kappa shape index (κ2) is 5.68. The fourth-order valence-corrected chi connectivity index (χ4v) is 2.73. The van der Waals surface area contributed by atoms with Gasteiger partial charge < -0.3 is 0 Å². The van der Waals surface area contributed by atoms with Crippen LogP contribution in [0.4, 0.5) is 0 Å². The molecule has 2 heterocycles. The second-order valence-corrected chi connectivity index (χ2v) is 6.93. The highest BCUT2D eigenvalue weighted by molar-refractivity contribution is 6.00. The van der Waals surface area contributed by atoms with Crippen LogP contribution in [0.25, 0.3) is 11.0 Å². The average molecular weight is 325 g/mol. The van der Waals surface area contributed by atoms with Crippen LogP contribution in [0.5, 0.6) is 0 Å². The summed E-state index contributed by atoms with van der Waals surface area (Å²) in [5, 5.41) is 2.30. The van der Waals surface area contributed by atoms with Crippen molar-refractivity contribution < 1.29 is 9.59 Å². The Hall–Kier alpha value is -2.81. The number of hydrogen-bond acceptors (Lipinski definition) is 3. The van der Waals surface area contributed by atoms with Gasteiger partial charge in [-0.1, -0.05) is 18.1 Å². The molecule has 0 radical (unpaired) electrons. The van der Waals surface area contributed by atoms with E-state index in [9.17, 15) is 14.4 Å². The van der Waals surface area contributed by atoms with Crippen molar-refractivity contribution in [3.8, 4) is 12.0 Å². The molecule has 1 unspecified atom stereocenters. The Morgan fingerprint density at radius 1 is 1.12 bits per heavy atom. The molecule has 2 aromatic rings. The van der Waals surface area contributed by atoms with Crippen molar-refractivity contribution in [3.05, 3.63) is 34.7 Å². The van der Waals surface area contributed by atoms with E-state index in [0.29, 0.717) is 17.5 Å². The number of imide groups is 1. The lowest BCUT2D eigenvalue weighted by molar-refractivity contribution is -0.135. The molecule has 124 valence electrons. The highest BCUT2D eigenvalue weighted by atomic mass is 16.2. The molecule has 1 fully saturated rings. The molecule has 6 nitrogen and oxygen atoms in total. The third kappa shape index (κ3) is 2.85. The number of nitrogens with one attached hydrogen (secondary N) is 1. The molecule has 1 aromatic heterocycles. The van der Waals surface area contributed by atoms with Crippen molar-refractivity contribution in [2.24, 2.45) is 5.41 Å². The quantitative estimate of drug-likeness (QED) is 0.640. The molecular weight excluding hydrogens is 306 g/mol. The molecule has 0 aliphatic carbocycles. The molecule has 6 heteroatoms. The first kappa shape index (κ1) is 16.1. The van der Waals surface area contributed by atoms with Gasteiger partial charge >= 0.3 is 5.69 Å². The predicted octanol–water partition coefficient (Wildman–Crippen LogP) is 1.64. The number of nitrogens with zero attached hydrogens (tertiary/aromatic N) is 2. The Bertz CT molecular complexity index is 948. The Morgan fingerprint density at radius 2 is 1.79 bits per heavy atom. The van der Waals surface area contributed by atoms with Crippen LogP contribution < -0.4 is 11.0 Å². The summed E-state index contributed by atoms with van der Waals surface area (Å²) in [4.78, 5) is 36.5. The lowest BCUT2D eigenvalue weighted by atomic mass is 9.99. The van der Waals surface area contributed by atoms with Crippen LogP contribution in [-0.4, -0.2) is 20.9 Å². The van der Waals surface area contributed by atoms with E-state index in [1.165, 1.54) is 9.13 Å². The Morgan fingerprint density at radius 3 is 2.42 bits per heavy atom. The largest absolute Gasteiger partial charge is 0.341 e. The number of amides is 2. The topological polar surface area (TPSA) is 73.1 Å². The fraction of sp³-hybridized carbons (Fsp3) is 0.389. The summed E-state index contributed by atoms with van der Waals surface area (Å²) in [6.45, 7) is 5.89. The van der Waals surface area contributed by atoms with Crippen LogP contribution in [-0.2, 0) is 9.59 Å². The van der Waals surface area contributed by atoms with Gasteiger partial charge in [-0.25, -0.2) is 9.36 Å². The summed E-state index contributed by atoms with van der Waals surface area (Å²) in [6.07, 6.45) is 0.529. The van der Waals surface area contributed by atoms with Crippen molar-refractivity contribution in [1.82, 2.24) is 14.5 Å². The lowest BCUT2D eigenvalue weighted by Crippen LogP contribution is -2.44. The van der Waals surface area contributed by atoms with Crippen molar-refractivity contribution in [3.63, 3.8) is 0 Å². The zero-order valence-corrected chi connectivity index (χ0v) is 13.9. The first-order valence-corrected chi connectivity index (χ1v) is 7.87. The maximum atomic E-state index is 12.9. The standard InChI is InChI=1S/C18H19N3O3/c1-18(2,3)10-11-20-12-6-4-5-7-13(12)21(17(20)24)14-8-9-15(22)19-16(14)23/h4-7,14H,8-9H2,1-3H3,(H,19,22,23). The van der Waals surface area contributed by atoms with Crippen molar-refractivity contribution in [2.45, 2.75) is 39.7 Å². The van der Waals surface area contributed by atoms with E-state index in [1.54, 1.807) is 12.1 Å². The zero-order valence-electron chi connectivity index (χ0n) is 13.9. The summed E-state index contributed by atoms with van der Waals surface area (Å²) in [5.74, 6) is 2.30. The average Bonchev–Trinajstić information content (AvgIpc) is 2.77. The molecule has 0 bridgehead atoms. The molecule has 1 atom stereocenters. The van der Waals surface area contributed by atoms with Crippen molar-refractivity contribution >= 4 is 22.8 Å². The third-order valence-electron chi connectivity index (χ3n) is 3.84. The number of imidazole rings is 1. The van der Waals surface area contributed by atoms with E-state index in [1.807, 2.05) is 32.9 Å². The van der Waals surface area contributed by atoms with Gasteiger partial charge in [-0.3, -0.25) is 19.5 Å². The van der Waals surface area contributed by atoms with Gasteiger partial charge in [0, 0.05) is 17.9 Å². The Labute approximate surface area is 139 Å². The molecular formula is C18H19N3O3. The number of rotatable bonds is 1. The van der Waals surface area contributed by atoms with E-state index >= 15 is 0 Å². The molecule has 1 aromatic carbocycles. The van der Waals surface area contributed by atoms with Crippen molar-refractivity contribution in [2.75, 3.05) is 0 Å². The molecule has 1 saturated heterocycles. The number of piperidine rings is 1. The van der Waals surface area contributed by atoms with E-state index in [-0.39, 0.29) is 23.4 Å². The van der Waals surface area contributed by atoms with Gasteiger partial charge in [0.15, 0.2) is 0 Å². The minimum absolute atomic E-state index is 0.218. The summed E-state index contributed by atoms with van der Waals surface area (Å²) in [6, 6.07) is 9.44. The summed E-state index contributed by atoms with van der Waals surface area (Å²) in [5.41, 5.74) is 0.684. The monoisotopic (exact) mass is 325 g/mol. The smallest absolute Gasteiger partial charge is 0.295 e. The first-order chi connectivity index (χ1) is 11.3. The van der Waals surface area contributed by atoms with Gasteiger partial charge in [0.25, 0.3) is 0 Å². The normalized spacial score (nSPS) is 18.2. The van der Waals surface area contributed by atoms with E-state index < -0.39 is 11.9 Å². The SMILES string of the molecule is CC(C)(C)C#Cn1c(=O)n(C2CCC(=O)NC2=O)c2ccccc21. The number of carbonyl (C=O) groups excluding carboxylic acids is 2. The van der Waals surface area contributed by atoms with E-state index in [2.05, 4.69) is 17.3 Å². The minimum atomic E-state index is -0.696. The zero-order chi connectivity index (χ0) is 17.5. The minimum Gasteiger partial charge on any atom is -0.295 e. The number of fused-ring (bicyclic) bond motifs is 1. The third-order valence-corrected chi connectivity index (χ3v) is 3.84. The number of hydrogen-bond donors (Lipinski definition) is 1. The number of aromatic nitrogens is 2. The molecule has 0 spiro atoms. The molecule has 3 rings (SSSR count). The molecule has 1 aliphatic heterocycles. The molecule has 1 aliphatic rings. The van der Waals surface area contributed by atoms with Gasteiger partial charge in [0.1, 0.15) is 6.04 Å². The van der Waals surface area contributed by atoms with Gasteiger partial charge in [-0.2, -0.15) is 0 Å². The van der Waals surface area contributed by atoms with Crippen LogP contribution in [0.2, 0.25) is 0 Å². The molecule has 1 N–H and O–H groups in total. The highest BCUT2D eigenvalue weighted by Gasteiger charge is 2.31. The number of para-hydroxylation sites is 2. The van der Waals surface area contributed by atoms with Crippen LogP contribution in [0.15, 0.2) is 29.1 Å². The maximum Gasteiger partial charge on any atom is 0.341 e. The van der Waals surface area contributed by atoms with Crippen LogP contribution in [0, 0.1) is 17.4 Å². The van der Waals surface area contributed by atoms with Crippen LogP contribution in [0.1, 0.15) is 39.7 Å². The van der Waals surface area contributed by atoms with Crippen LogP contribution >= 0.6 is 0 Å². The van der Waals surface area contributed by atoms with Crippen LogP contribution in [0.3, 0.4) is 0 Å². The van der Waals surface area contributed by atoms with Gasteiger partial charge in [-0.05, 0) is 39.3 Å². The highest BCUT2D eigenvalue weighted by Crippen LogP contribution is 2.23. The number of benzene rings is 1. The second-order valence-electron chi connectivity index (χ2n) is 6.93. The van der Waals surface area contributed by atoms with Gasteiger partial charge in [0.05, 0.1) is 11.0 Å². The lowest BCUT2D eigenvalue weighted by Gasteiger charge is -2.21. The molecule has 0 saturated carbocycles. The van der Waals surface area contributed by atoms with Gasteiger partial charge in [-0.15, -0.1) is 0 Å². The van der Waals surface area contributed by atoms with Gasteiger partial charge in [0.2, 0.25) is 11.8 Å². The van der Waals surface area contributed by atoms with E-state index in [4.69, 9.17) is 0 Å². The Balaban J connectivity index is 2.21. The molecule has 2 amide bonds. The summed E-state index contributed by atoms with van der Waals surface area (Å²) in [7, 11) is 0. The number of carbonyl (C=O) groups is 2. The first-order valence-electron chi connectivity index (χ1n) is 7.87. The maximum absolute atomic E-state index is 12.9. The Kier molecular flexibility index (Phi) is 3.80. The fourth-order valence-electron chi connectivity index (χ4n) is 2.73. The van der Waals surface area contributed by atoms with E-state index in [0.717, 1.165) is 0 Å². The predicted molar refractivity (Wildman–Crippen MR) is 90.2 cm³/mol. The molecule has 24 heavy (non-hydrogen) atoms.